The Morgan fingerprint density at radius 2 is 2.14 bits per heavy atom. The maximum Gasteiger partial charge on any atom is 0.226 e. The number of ether oxygens (including phenoxy) is 1. The van der Waals surface area contributed by atoms with Gasteiger partial charge in [0.05, 0.1) is 18.6 Å². The summed E-state index contributed by atoms with van der Waals surface area (Å²) in [5.41, 5.74) is 0.361. The standard InChI is InChI=1S/C17H25NO3/c1-13-6-4-5-7-15(13)21-11-9-16(19)18-10-8-14(12-18)17(2,3)20/h4-7,14,20H,8-12H2,1-3H3/t14-/m1/s1. The maximum absolute atomic E-state index is 12.2. The molecule has 1 atom stereocenters. The molecule has 1 aromatic rings. The minimum Gasteiger partial charge on any atom is -0.493 e. The molecule has 116 valence electrons. The minimum atomic E-state index is -0.716. The summed E-state index contributed by atoms with van der Waals surface area (Å²) in [6.07, 6.45) is 1.25. The number of likely N-dealkylation sites (tertiary alicyclic amines) is 1. The minimum absolute atomic E-state index is 0.107. The van der Waals surface area contributed by atoms with Gasteiger partial charge < -0.3 is 14.7 Å². The number of aliphatic hydroxyl groups is 1. The quantitative estimate of drug-likeness (QED) is 0.906. The third-order valence-electron chi connectivity index (χ3n) is 4.21. The largest absolute Gasteiger partial charge is 0.493 e. The van der Waals surface area contributed by atoms with Crippen LogP contribution in [0.5, 0.6) is 5.75 Å². The van der Waals surface area contributed by atoms with Crippen LogP contribution >= 0.6 is 0 Å². The van der Waals surface area contributed by atoms with Crippen molar-refractivity contribution in [2.75, 3.05) is 19.7 Å². The van der Waals surface area contributed by atoms with Crippen molar-refractivity contribution in [1.82, 2.24) is 4.90 Å². The Morgan fingerprint density at radius 3 is 2.76 bits per heavy atom. The number of amides is 1. The average molecular weight is 291 g/mol. The van der Waals surface area contributed by atoms with Crippen molar-refractivity contribution in [3.63, 3.8) is 0 Å². The number of carbonyl (C=O) groups excluding carboxylic acids is 1. The molecule has 1 heterocycles. The van der Waals surface area contributed by atoms with Gasteiger partial charge in [-0.2, -0.15) is 0 Å². The third kappa shape index (κ3) is 4.21. The second-order valence-corrected chi connectivity index (χ2v) is 6.34. The highest BCUT2D eigenvalue weighted by Crippen LogP contribution is 2.27. The Morgan fingerprint density at radius 1 is 1.43 bits per heavy atom. The van der Waals surface area contributed by atoms with Crippen LogP contribution < -0.4 is 4.74 Å². The summed E-state index contributed by atoms with van der Waals surface area (Å²) in [7, 11) is 0. The number of aryl methyl sites for hydroxylation is 1. The summed E-state index contributed by atoms with van der Waals surface area (Å²) in [5.74, 6) is 1.11. The first-order valence-electron chi connectivity index (χ1n) is 7.56. The molecule has 0 saturated carbocycles. The fourth-order valence-corrected chi connectivity index (χ4v) is 2.69. The Kier molecular flexibility index (Phi) is 4.88. The molecule has 4 heteroatoms. The zero-order valence-corrected chi connectivity index (χ0v) is 13.1. The first-order valence-corrected chi connectivity index (χ1v) is 7.56. The molecule has 0 radical (unpaired) electrons. The fraction of sp³-hybridized carbons (Fsp3) is 0.588. The van der Waals surface area contributed by atoms with Gasteiger partial charge in [-0.25, -0.2) is 0 Å². The number of rotatable bonds is 5. The number of benzene rings is 1. The number of hydrogen-bond donors (Lipinski definition) is 1. The van der Waals surface area contributed by atoms with Gasteiger partial charge in [-0.15, -0.1) is 0 Å². The highest BCUT2D eigenvalue weighted by Gasteiger charge is 2.35. The van der Waals surface area contributed by atoms with Crippen LogP contribution in [0.1, 0.15) is 32.3 Å². The van der Waals surface area contributed by atoms with Crippen molar-refractivity contribution in [3.8, 4) is 5.75 Å². The van der Waals surface area contributed by atoms with E-state index in [0.29, 0.717) is 19.6 Å². The molecule has 0 aromatic heterocycles. The summed E-state index contributed by atoms with van der Waals surface area (Å²) in [4.78, 5) is 14.0. The predicted octanol–water partition coefficient (Wildman–Crippen LogP) is 2.38. The molecule has 2 rings (SSSR count). The van der Waals surface area contributed by atoms with Gasteiger partial charge in [0.25, 0.3) is 0 Å². The molecule has 0 unspecified atom stereocenters. The van der Waals surface area contributed by atoms with E-state index < -0.39 is 5.60 Å². The van der Waals surface area contributed by atoms with Gasteiger partial charge in [0.1, 0.15) is 5.75 Å². The Hall–Kier alpha value is -1.55. The van der Waals surface area contributed by atoms with Crippen LogP contribution in [-0.2, 0) is 4.79 Å². The van der Waals surface area contributed by atoms with Gasteiger partial charge in [0.2, 0.25) is 5.91 Å². The normalized spacial score (nSPS) is 18.9. The SMILES string of the molecule is Cc1ccccc1OCCC(=O)N1CC[C@@H](C(C)(C)O)C1. The van der Waals surface area contributed by atoms with E-state index in [9.17, 15) is 9.90 Å². The molecule has 0 bridgehead atoms. The monoisotopic (exact) mass is 291 g/mol. The molecule has 1 aliphatic heterocycles. The molecule has 1 saturated heterocycles. The van der Waals surface area contributed by atoms with Crippen molar-refractivity contribution in [2.24, 2.45) is 5.92 Å². The van der Waals surface area contributed by atoms with Crippen LogP contribution in [-0.4, -0.2) is 41.2 Å². The van der Waals surface area contributed by atoms with E-state index in [-0.39, 0.29) is 11.8 Å². The van der Waals surface area contributed by atoms with Crippen molar-refractivity contribution in [1.29, 1.82) is 0 Å². The Bertz CT molecular complexity index is 493. The smallest absolute Gasteiger partial charge is 0.226 e. The zero-order chi connectivity index (χ0) is 15.5. The van der Waals surface area contributed by atoms with Crippen LogP contribution in [0.3, 0.4) is 0 Å². The summed E-state index contributed by atoms with van der Waals surface area (Å²) in [6.45, 7) is 7.39. The van der Waals surface area contributed by atoms with Crippen LogP contribution in [0.15, 0.2) is 24.3 Å². The van der Waals surface area contributed by atoms with Gasteiger partial charge >= 0.3 is 0 Å². The molecular formula is C17H25NO3. The summed E-state index contributed by atoms with van der Waals surface area (Å²) in [5, 5.41) is 10.0. The first kappa shape index (κ1) is 15.8. The van der Waals surface area contributed by atoms with E-state index in [2.05, 4.69) is 0 Å². The van der Waals surface area contributed by atoms with E-state index in [1.807, 2.05) is 49.9 Å². The lowest BCUT2D eigenvalue weighted by Gasteiger charge is -2.25. The third-order valence-corrected chi connectivity index (χ3v) is 4.21. The molecule has 0 spiro atoms. The van der Waals surface area contributed by atoms with Gasteiger partial charge in [-0.3, -0.25) is 4.79 Å². The van der Waals surface area contributed by atoms with Gasteiger partial charge in [-0.1, -0.05) is 18.2 Å². The van der Waals surface area contributed by atoms with Crippen molar-refractivity contribution in [3.05, 3.63) is 29.8 Å². The highest BCUT2D eigenvalue weighted by atomic mass is 16.5. The molecule has 21 heavy (non-hydrogen) atoms. The molecule has 1 N–H and O–H groups in total. The van der Waals surface area contributed by atoms with Crippen molar-refractivity contribution < 1.29 is 14.6 Å². The Balaban J connectivity index is 1.77. The van der Waals surface area contributed by atoms with Crippen molar-refractivity contribution >= 4 is 5.91 Å². The lowest BCUT2D eigenvalue weighted by Crippen LogP contribution is -2.35. The fourth-order valence-electron chi connectivity index (χ4n) is 2.69. The molecule has 1 aromatic carbocycles. The molecule has 4 nitrogen and oxygen atoms in total. The molecule has 1 fully saturated rings. The lowest BCUT2D eigenvalue weighted by molar-refractivity contribution is -0.131. The maximum atomic E-state index is 12.2. The zero-order valence-electron chi connectivity index (χ0n) is 13.1. The van der Waals surface area contributed by atoms with Gasteiger partial charge in [0.15, 0.2) is 0 Å². The number of hydrogen-bond acceptors (Lipinski definition) is 3. The number of para-hydroxylation sites is 1. The van der Waals surface area contributed by atoms with Crippen LogP contribution in [0.25, 0.3) is 0 Å². The van der Waals surface area contributed by atoms with Crippen LogP contribution in [0.4, 0.5) is 0 Å². The molecular weight excluding hydrogens is 266 g/mol. The Labute approximate surface area is 126 Å². The summed E-state index contributed by atoms with van der Waals surface area (Å²) in [6, 6.07) is 7.80. The number of nitrogens with zero attached hydrogens (tertiary/aromatic N) is 1. The predicted molar refractivity (Wildman–Crippen MR) is 82.3 cm³/mol. The number of carbonyl (C=O) groups is 1. The second-order valence-electron chi connectivity index (χ2n) is 6.34. The second kappa shape index (κ2) is 6.48. The average Bonchev–Trinajstić information content (AvgIpc) is 2.90. The highest BCUT2D eigenvalue weighted by molar-refractivity contribution is 5.76. The van der Waals surface area contributed by atoms with Crippen LogP contribution in [0, 0.1) is 12.8 Å². The topological polar surface area (TPSA) is 49.8 Å². The summed E-state index contributed by atoms with van der Waals surface area (Å²) >= 11 is 0. The molecule has 1 amide bonds. The first-order chi connectivity index (χ1) is 9.88. The van der Waals surface area contributed by atoms with Gasteiger partial charge in [-0.05, 0) is 38.8 Å². The van der Waals surface area contributed by atoms with Crippen molar-refractivity contribution in [2.45, 2.75) is 39.2 Å². The van der Waals surface area contributed by atoms with E-state index in [0.717, 1.165) is 24.3 Å². The van der Waals surface area contributed by atoms with E-state index >= 15 is 0 Å². The summed E-state index contributed by atoms with van der Waals surface area (Å²) < 4.78 is 5.66. The lowest BCUT2D eigenvalue weighted by atomic mass is 9.90. The molecule has 0 aliphatic carbocycles. The van der Waals surface area contributed by atoms with Crippen LogP contribution in [0.2, 0.25) is 0 Å². The van der Waals surface area contributed by atoms with Gasteiger partial charge in [0, 0.05) is 19.0 Å². The van der Waals surface area contributed by atoms with E-state index in [1.165, 1.54) is 0 Å². The molecule has 1 aliphatic rings. The van der Waals surface area contributed by atoms with E-state index in [1.54, 1.807) is 0 Å². The van der Waals surface area contributed by atoms with E-state index in [4.69, 9.17) is 4.74 Å².